The molecule has 104 valence electrons. The monoisotopic (exact) mass is 271 g/mol. The highest BCUT2D eigenvalue weighted by Crippen LogP contribution is 2.17. The summed E-state index contributed by atoms with van der Waals surface area (Å²) in [6.45, 7) is 4.60. The van der Waals surface area contributed by atoms with Crippen LogP contribution in [0.4, 0.5) is 10.1 Å². The Bertz CT molecular complexity index is 542. The van der Waals surface area contributed by atoms with E-state index in [1.807, 2.05) is 12.1 Å². The first-order chi connectivity index (χ1) is 9.81. The van der Waals surface area contributed by atoms with Crippen molar-refractivity contribution in [2.24, 2.45) is 0 Å². The Balaban J connectivity index is 1.67. The van der Waals surface area contributed by atoms with Crippen LogP contribution in [0, 0.1) is 5.82 Å². The zero-order valence-electron chi connectivity index (χ0n) is 11.6. The van der Waals surface area contributed by atoms with Crippen molar-refractivity contribution < 1.29 is 9.71 Å². The van der Waals surface area contributed by atoms with Gasteiger partial charge in [-0.05, 0) is 41.8 Å². The van der Waals surface area contributed by atoms with Gasteiger partial charge in [-0.15, -0.1) is 0 Å². The van der Waals surface area contributed by atoms with Crippen LogP contribution in [0.5, 0.6) is 0 Å². The summed E-state index contributed by atoms with van der Waals surface area (Å²) in [5, 5.41) is 2.36. The quantitative estimate of drug-likeness (QED) is 0.902. The van der Waals surface area contributed by atoms with E-state index in [4.69, 9.17) is 0 Å². The van der Waals surface area contributed by atoms with Crippen LogP contribution in [0.25, 0.3) is 0 Å². The zero-order chi connectivity index (χ0) is 13.8. The van der Waals surface area contributed by atoms with Gasteiger partial charge in [0.15, 0.2) is 0 Å². The molecule has 2 N–H and O–H groups in total. The molecule has 1 saturated heterocycles. The third kappa shape index (κ3) is 3.17. The second kappa shape index (κ2) is 6.06. The summed E-state index contributed by atoms with van der Waals surface area (Å²) in [4.78, 5) is 2.43. The van der Waals surface area contributed by atoms with Gasteiger partial charge in [-0.25, -0.2) is 4.39 Å². The third-order valence-electron chi connectivity index (χ3n) is 3.83. The molecule has 1 aliphatic rings. The van der Waals surface area contributed by atoms with Gasteiger partial charge < -0.3 is 10.2 Å². The average Bonchev–Trinajstić information content (AvgIpc) is 2.51. The Morgan fingerprint density at radius 3 is 2.00 bits per heavy atom. The second-order valence-corrected chi connectivity index (χ2v) is 5.32. The molecule has 3 heteroatoms. The van der Waals surface area contributed by atoms with E-state index in [9.17, 15) is 4.39 Å². The molecule has 2 aromatic carbocycles. The van der Waals surface area contributed by atoms with Crippen molar-refractivity contribution in [3.05, 3.63) is 65.5 Å². The highest BCUT2D eigenvalue weighted by atomic mass is 19.1. The number of benzene rings is 2. The van der Waals surface area contributed by atoms with E-state index < -0.39 is 0 Å². The van der Waals surface area contributed by atoms with Crippen molar-refractivity contribution in [2.45, 2.75) is 6.42 Å². The molecule has 0 bridgehead atoms. The van der Waals surface area contributed by atoms with Gasteiger partial charge in [-0.1, -0.05) is 24.3 Å². The van der Waals surface area contributed by atoms with Crippen molar-refractivity contribution in [1.82, 2.24) is 0 Å². The van der Waals surface area contributed by atoms with E-state index >= 15 is 0 Å². The van der Waals surface area contributed by atoms with Crippen LogP contribution in [-0.4, -0.2) is 26.2 Å². The number of piperazine rings is 1. The number of anilines is 1. The molecule has 1 heterocycles. The van der Waals surface area contributed by atoms with Gasteiger partial charge in [0.25, 0.3) is 0 Å². The van der Waals surface area contributed by atoms with Crippen molar-refractivity contribution in [3.8, 4) is 0 Å². The maximum Gasteiger partial charge on any atom is 0.123 e. The Morgan fingerprint density at radius 1 is 0.850 bits per heavy atom. The molecule has 2 aromatic rings. The fourth-order valence-corrected chi connectivity index (χ4v) is 2.67. The first-order valence-corrected chi connectivity index (χ1v) is 7.21. The molecule has 0 atom stereocenters. The molecule has 0 radical (unpaired) electrons. The van der Waals surface area contributed by atoms with Gasteiger partial charge >= 0.3 is 0 Å². The normalized spacial score (nSPS) is 15.3. The summed E-state index contributed by atoms with van der Waals surface area (Å²) >= 11 is 0. The van der Waals surface area contributed by atoms with Crippen LogP contribution in [0.15, 0.2) is 48.5 Å². The molecule has 20 heavy (non-hydrogen) atoms. The van der Waals surface area contributed by atoms with Crippen LogP contribution in [0.3, 0.4) is 0 Å². The second-order valence-electron chi connectivity index (χ2n) is 5.32. The lowest BCUT2D eigenvalue weighted by molar-refractivity contribution is -0.655. The molecule has 0 aromatic heterocycles. The van der Waals surface area contributed by atoms with Crippen LogP contribution >= 0.6 is 0 Å². The molecule has 1 aliphatic heterocycles. The summed E-state index contributed by atoms with van der Waals surface area (Å²) < 4.78 is 12.9. The number of hydrogen-bond acceptors (Lipinski definition) is 1. The first kappa shape index (κ1) is 13.1. The molecule has 3 rings (SSSR count). The van der Waals surface area contributed by atoms with E-state index in [0.29, 0.717) is 0 Å². The van der Waals surface area contributed by atoms with Gasteiger partial charge in [0.05, 0.1) is 26.2 Å². The van der Waals surface area contributed by atoms with Gasteiger partial charge in [-0.3, -0.25) is 0 Å². The van der Waals surface area contributed by atoms with Crippen LogP contribution < -0.4 is 10.2 Å². The lowest BCUT2D eigenvalue weighted by Crippen LogP contribution is -2.89. The minimum atomic E-state index is -0.175. The maximum atomic E-state index is 12.9. The summed E-state index contributed by atoms with van der Waals surface area (Å²) in [6, 6.07) is 15.5. The molecule has 0 amide bonds. The minimum absolute atomic E-state index is 0.175. The maximum absolute atomic E-state index is 12.9. The summed E-state index contributed by atoms with van der Waals surface area (Å²) in [7, 11) is 0. The molecular weight excluding hydrogens is 251 g/mol. The number of rotatable bonds is 3. The molecule has 1 fully saturated rings. The fraction of sp³-hybridized carbons (Fsp3) is 0.294. The van der Waals surface area contributed by atoms with Crippen molar-refractivity contribution in [2.75, 3.05) is 31.1 Å². The number of hydrogen-bond donors (Lipinski definition) is 1. The molecule has 2 nitrogen and oxygen atoms in total. The Hall–Kier alpha value is -1.87. The number of nitrogens with zero attached hydrogens (tertiary/aromatic N) is 1. The summed E-state index contributed by atoms with van der Waals surface area (Å²) in [5.74, 6) is -0.175. The molecule has 0 spiro atoms. The summed E-state index contributed by atoms with van der Waals surface area (Å²) in [6.07, 6.45) is 0.855. The van der Waals surface area contributed by atoms with Gasteiger partial charge in [-0.2, -0.15) is 0 Å². The Kier molecular flexibility index (Phi) is 3.97. The van der Waals surface area contributed by atoms with E-state index in [1.54, 1.807) is 0 Å². The lowest BCUT2D eigenvalue weighted by Gasteiger charge is -2.27. The standard InChI is InChI=1S/C17H19FN2/c18-16-5-1-14(2-6-16)13-15-3-7-17(8-4-15)20-11-9-19-10-12-20/h1-8,19H,9-13H2/p+1. The van der Waals surface area contributed by atoms with Gasteiger partial charge in [0.2, 0.25) is 0 Å². The lowest BCUT2D eigenvalue weighted by atomic mass is 10.0. The number of nitrogens with two attached hydrogens (primary N) is 1. The SMILES string of the molecule is Fc1ccc(Cc2ccc(N3CC[NH2+]CC3)cc2)cc1. The van der Waals surface area contributed by atoms with E-state index in [-0.39, 0.29) is 5.82 Å². The van der Waals surface area contributed by atoms with Crippen LogP contribution in [-0.2, 0) is 6.42 Å². The smallest absolute Gasteiger partial charge is 0.123 e. The highest BCUT2D eigenvalue weighted by Gasteiger charge is 2.12. The molecule has 0 saturated carbocycles. The third-order valence-corrected chi connectivity index (χ3v) is 3.83. The van der Waals surface area contributed by atoms with E-state index in [2.05, 4.69) is 34.5 Å². The minimum Gasteiger partial charge on any atom is -0.360 e. The number of halogens is 1. The predicted octanol–water partition coefficient (Wildman–Crippen LogP) is 1.80. The van der Waals surface area contributed by atoms with Crippen molar-refractivity contribution in [1.29, 1.82) is 0 Å². The Labute approximate surface area is 119 Å². The van der Waals surface area contributed by atoms with Crippen molar-refractivity contribution >= 4 is 5.69 Å². The Morgan fingerprint density at radius 2 is 1.40 bits per heavy atom. The van der Waals surface area contributed by atoms with Crippen molar-refractivity contribution in [3.63, 3.8) is 0 Å². The molecular formula is C17H20FN2+. The van der Waals surface area contributed by atoms with Gasteiger partial charge in [0.1, 0.15) is 5.82 Å². The topological polar surface area (TPSA) is 19.9 Å². The molecule has 0 aliphatic carbocycles. The highest BCUT2D eigenvalue weighted by molar-refractivity contribution is 5.48. The average molecular weight is 271 g/mol. The van der Waals surface area contributed by atoms with Crippen LogP contribution in [0.2, 0.25) is 0 Å². The first-order valence-electron chi connectivity index (χ1n) is 7.21. The fourth-order valence-electron chi connectivity index (χ4n) is 2.67. The summed E-state index contributed by atoms with van der Waals surface area (Å²) in [5.41, 5.74) is 3.72. The van der Waals surface area contributed by atoms with E-state index in [0.717, 1.165) is 25.1 Å². The van der Waals surface area contributed by atoms with E-state index in [1.165, 1.54) is 36.5 Å². The van der Waals surface area contributed by atoms with Gasteiger partial charge in [0, 0.05) is 5.69 Å². The molecule has 0 unspecified atom stereocenters. The largest absolute Gasteiger partial charge is 0.360 e. The predicted molar refractivity (Wildman–Crippen MR) is 79.5 cm³/mol. The van der Waals surface area contributed by atoms with Crippen LogP contribution in [0.1, 0.15) is 11.1 Å². The number of quaternary nitrogens is 1. The zero-order valence-corrected chi connectivity index (χ0v) is 11.6.